The Kier molecular flexibility index (Phi) is 5.11. The Balaban J connectivity index is 1.44. The summed E-state index contributed by atoms with van der Waals surface area (Å²) >= 11 is 0. The molecule has 0 aliphatic carbocycles. The topological polar surface area (TPSA) is 41.6 Å². The molecule has 2 saturated heterocycles. The molecule has 0 aromatic heterocycles. The number of piperidine rings is 1. The van der Waals surface area contributed by atoms with Crippen LogP contribution in [0.25, 0.3) is 0 Å². The van der Waals surface area contributed by atoms with E-state index >= 15 is 0 Å². The number of hydrogen-bond acceptors (Lipinski definition) is 3. The van der Waals surface area contributed by atoms with Gasteiger partial charge in [0, 0.05) is 19.1 Å². The Morgan fingerprint density at radius 3 is 2.59 bits per heavy atom. The van der Waals surface area contributed by atoms with Crippen molar-refractivity contribution in [2.45, 2.75) is 44.9 Å². The van der Waals surface area contributed by atoms with Crippen LogP contribution in [0.5, 0.6) is 0 Å². The molecule has 2 atom stereocenters. The molecule has 2 aliphatic heterocycles. The van der Waals surface area contributed by atoms with Gasteiger partial charge in [0.05, 0.1) is 12.1 Å². The van der Waals surface area contributed by atoms with E-state index in [0.717, 1.165) is 45.5 Å². The summed E-state index contributed by atoms with van der Waals surface area (Å²) in [5.41, 5.74) is 1.35. The van der Waals surface area contributed by atoms with Crippen LogP contribution < -0.4 is 5.32 Å². The molecule has 2 heterocycles. The third kappa shape index (κ3) is 3.87. The summed E-state index contributed by atoms with van der Waals surface area (Å²) in [4.78, 5) is 14.8. The molecule has 3 rings (SSSR count). The standard InChI is InChI=1S/C18H26N2O2/c1-14-17(9-12-22-14)19-18(21)16-7-10-20(11-8-16)13-15-5-3-2-4-6-15/h2-6,14,16-17H,7-13H2,1H3,(H,19,21)/t14-,17-/m1/s1. The first kappa shape index (κ1) is 15.5. The highest BCUT2D eigenvalue weighted by Gasteiger charge is 2.30. The fourth-order valence-corrected chi connectivity index (χ4v) is 3.42. The van der Waals surface area contributed by atoms with Crippen LogP contribution in [0, 0.1) is 5.92 Å². The quantitative estimate of drug-likeness (QED) is 0.927. The second-order valence-corrected chi connectivity index (χ2v) is 6.52. The molecule has 120 valence electrons. The van der Waals surface area contributed by atoms with Crippen LogP contribution in [0.3, 0.4) is 0 Å². The zero-order valence-electron chi connectivity index (χ0n) is 13.3. The van der Waals surface area contributed by atoms with Crippen LogP contribution in [0.1, 0.15) is 31.7 Å². The van der Waals surface area contributed by atoms with Crippen LogP contribution >= 0.6 is 0 Å². The Bertz CT molecular complexity index is 483. The van der Waals surface area contributed by atoms with E-state index in [4.69, 9.17) is 4.74 Å². The highest BCUT2D eigenvalue weighted by molar-refractivity contribution is 5.79. The van der Waals surface area contributed by atoms with E-state index in [2.05, 4.69) is 34.5 Å². The van der Waals surface area contributed by atoms with Crippen molar-refractivity contribution >= 4 is 5.91 Å². The number of benzene rings is 1. The first-order valence-electron chi connectivity index (χ1n) is 8.40. The first-order valence-corrected chi connectivity index (χ1v) is 8.40. The molecule has 0 radical (unpaired) electrons. The van der Waals surface area contributed by atoms with E-state index in [-0.39, 0.29) is 24.0 Å². The molecular weight excluding hydrogens is 276 g/mol. The van der Waals surface area contributed by atoms with Gasteiger partial charge in [0.1, 0.15) is 0 Å². The molecule has 1 aromatic rings. The summed E-state index contributed by atoms with van der Waals surface area (Å²) in [6.45, 7) is 5.80. The minimum Gasteiger partial charge on any atom is -0.376 e. The molecule has 1 amide bonds. The van der Waals surface area contributed by atoms with E-state index in [1.54, 1.807) is 0 Å². The van der Waals surface area contributed by atoms with Gasteiger partial charge in [-0.1, -0.05) is 30.3 Å². The molecule has 0 unspecified atom stereocenters. The molecule has 0 bridgehead atoms. The number of carbonyl (C=O) groups is 1. The monoisotopic (exact) mass is 302 g/mol. The fraction of sp³-hybridized carbons (Fsp3) is 0.611. The van der Waals surface area contributed by atoms with Crippen LogP contribution in [0.2, 0.25) is 0 Å². The predicted molar refractivity (Wildman–Crippen MR) is 86.4 cm³/mol. The Morgan fingerprint density at radius 1 is 1.23 bits per heavy atom. The van der Waals surface area contributed by atoms with Gasteiger partial charge in [-0.25, -0.2) is 0 Å². The van der Waals surface area contributed by atoms with Crippen molar-refractivity contribution < 1.29 is 9.53 Å². The van der Waals surface area contributed by atoms with Gasteiger partial charge in [0.25, 0.3) is 0 Å². The minimum absolute atomic E-state index is 0.155. The lowest BCUT2D eigenvalue weighted by Gasteiger charge is -2.32. The van der Waals surface area contributed by atoms with Crippen LogP contribution in [-0.2, 0) is 16.1 Å². The lowest BCUT2D eigenvalue weighted by atomic mass is 9.95. The zero-order valence-corrected chi connectivity index (χ0v) is 13.3. The van der Waals surface area contributed by atoms with Gasteiger partial charge in [-0.2, -0.15) is 0 Å². The maximum atomic E-state index is 12.4. The molecule has 1 aromatic carbocycles. The molecule has 1 N–H and O–H groups in total. The molecule has 2 aliphatic rings. The summed E-state index contributed by atoms with van der Waals surface area (Å²) in [6, 6.07) is 10.8. The van der Waals surface area contributed by atoms with Crippen molar-refractivity contribution in [3.05, 3.63) is 35.9 Å². The van der Waals surface area contributed by atoms with Crippen LogP contribution in [0.4, 0.5) is 0 Å². The lowest BCUT2D eigenvalue weighted by Crippen LogP contribution is -2.45. The Morgan fingerprint density at radius 2 is 1.95 bits per heavy atom. The third-order valence-electron chi connectivity index (χ3n) is 4.91. The fourth-order valence-electron chi connectivity index (χ4n) is 3.42. The van der Waals surface area contributed by atoms with Gasteiger partial charge in [0.15, 0.2) is 0 Å². The van der Waals surface area contributed by atoms with Gasteiger partial charge in [0.2, 0.25) is 5.91 Å². The van der Waals surface area contributed by atoms with Crippen molar-refractivity contribution in [3.8, 4) is 0 Å². The second-order valence-electron chi connectivity index (χ2n) is 6.52. The SMILES string of the molecule is C[C@H]1OCC[C@H]1NC(=O)C1CCN(Cc2ccccc2)CC1. The summed E-state index contributed by atoms with van der Waals surface area (Å²) in [5.74, 6) is 0.390. The second kappa shape index (κ2) is 7.25. The van der Waals surface area contributed by atoms with Crippen molar-refractivity contribution in [2.24, 2.45) is 5.92 Å². The maximum Gasteiger partial charge on any atom is 0.223 e. The van der Waals surface area contributed by atoms with Gasteiger partial charge in [-0.05, 0) is 44.8 Å². The Labute approximate surface area is 132 Å². The van der Waals surface area contributed by atoms with Crippen molar-refractivity contribution in [1.82, 2.24) is 10.2 Å². The van der Waals surface area contributed by atoms with Crippen molar-refractivity contribution in [3.63, 3.8) is 0 Å². The van der Waals surface area contributed by atoms with E-state index in [0.29, 0.717) is 0 Å². The van der Waals surface area contributed by atoms with Crippen molar-refractivity contribution in [2.75, 3.05) is 19.7 Å². The first-order chi connectivity index (χ1) is 10.7. The number of likely N-dealkylation sites (tertiary alicyclic amines) is 1. The number of nitrogens with one attached hydrogen (secondary N) is 1. The number of amides is 1. The predicted octanol–water partition coefficient (Wildman–Crippen LogP) is 2.19. The summed E-state index contributed by atoms with van der Waals surface area (Å²) in [5, 5.41) is 3.18. The average Bonchev–Trinajstić information content (AvgIpc) is 2.94. The van der Waals surface area contributed by atoms with Crippen molar-refractivity contribution in [1.29, 1.82) is 0 Å². The van der Waals surface area contributed by atoms with Gasteiger partial charge in [-0.3, -0.25) is 9.69 Å². The molecule has 0 spiro atoms. The minimum atomic E-state index is 0.155. The zero-order chi connectivity index (χ0) is 15.4. The number of nitrogens with zero attached hydrogens (tertiary/aromatic N) is 1. The van der Waals surface area contributed by atoms with E-state index in [1.807, 2.05) is 13.0 Å². The van der Waals surface area contributed by atoms with E-state index < -0.39 is 0 Å². The summed E-state index contributed by atoms with van der Waals surface area (Å²) < 4.78 is 5.51. The molecule has 4 heteroatoms. The molecular formula is C18H26N2O2. The number of ether oxygens (including phenoxy) is 1. The number of carbonyl (C=O) groups excluding carboxylic acids is 1. The summed E-state index contributed by atoms with van der Waals surface area (Å²) in [7, 11) is 0. The molecule has 2 fully saturated rings. The Hall–Kier alpha value is -1.39. The van der Waals surface area contributed by atoms with Gasteiger partial charge < -0.3 is 10.1 Å². The van der Waals surface area contributed by atoms with Gasteiger partial charge >= 0.3 is 0 Å². The highest BCUT2D eigenvalue weighted by atomic mass is 16.5. The summed E-state index contributed by atoms with van der Waals surface area (Å²) in [6.07, 6.45) is 3.02. The smallest absolute Gasteiger partial charge is 0.223 e. The molecule has 0 saturated carbocycles. The average molecular weight is 302 g/mol. The number of hydrogen-bond donors (Lipinski definition) is 1. The van der Waals surface area contributed by atoms with Gasteiger partial charge in [-0.15, -0.1) is 0 Å². The van der Waals surface area contributed by atoms with Crippen LogP contribution in [0.15, 0.2) is 30.3 Å². The third-order valence-corrected chi connectivity index (χ3v) is 4.91. The lowest BCUT2D eigenvalue weighted by molar-refractivity contribution is -0.127. The van der Waals surface area contributed by atoms with E-state index in [1.165, 1.54) is 5.56 Å². The van der Waals surface area contributed by atoms with Crippen LogP contribution in [-0.4, -0.2) is 42.6 Å². The molecule has 4 nitrogen and oxygen atoms in total. The maximum absolute atomic E-state index is 12.4. The molecule has 22 heavy (non-hydrogen) atoms. The normalized spacial score (nSPS) is 27.0. The number of rotatable bonds is 4. The van der Waals surface area contributed by atoms with E-state index in [9.17, 15) is 4.79 Å². The highest BCUT2D eigenvalue weighted by Crippen LogP contribution is 2.21. The largest absolute Gasteiger partial charge is 0.376 e.